The first kappa shape index (κ1) is 17.1. The zero-order chi connectivity index (χ0) is 18.1. The Morgan fingerprint density at radius 2 is 1.81 bits per heavy atom. The molecule has 2 aromatic carbocycles. The fourth-order valence-electron chi connectivity index (χ4n) is 3.18. The van der Waals surface area contributed by atoms with E-state index in [0.29, 0.717) is 5.75 Å². The summed E-state index contributed by atoms with van der Waals surface area (Å²) in [6.45, 7) is 0. The highest BCUT2D eigenvalue weighted by Crippen LogP contribution is 2.44. The van der Waals surface area contributed by atoms with Gasteiger partial charge >= 0.3 is 0 Å². The molecule has 4 rings (SSSR count). The van der Waals surface area contributed by atoms with E-state index in [1.807, 2.05) is 30.3 Å². The van der Waals surface area contributed by atoms with Gasteiger partial charge in [0.1, 0.15) is 17.2 Å². The smallest absolute Gasteiger partial charge is 0.247 e. The number of carbonyl (C=O) groups is 2. The third-order valence-corrected chi connectivity index (χ3v) is 5.85. The molecular formula is C20H19FN2O2S. The van der Waals surface area contributed by atoms with E-state index < -0.39 is 6.04 Å². The van der Waals surface area contributed by atoms with Crippen molar-refractivity contribution in [3.63, 3.8) is 0 Å². The van der Waals surface area contributed by atoms with Crippen molar-refractivity contribution in [1.82, 2.24) is 10.2 Å². The van der Waals surface area contributed by atoms with Gasteiger partial charge in [-0.1, -0.05) is 42.5 Å². The van der Waals surface area contributed by atoms with Crippen LogP contribution in [0.2, 0.25) is 0 Å². The Kier molecular flexibility index (Phi) is 4.68. The Hall–Kier alpha value is -2.34. The Morgan fingerprint density at radius 1 is 1.12 bits per heavy atom. The van der Waals surface area contributed by atoms with Crippen LogP contribution in [0.5, 0.6) is 0 Å². The van der Waals surface area contributed by atoms with E-state index in [0.717, 1.165) is 24.0 Å². The summed E-state index contributed by atoms with van der Waals surface area (Å²) in [5.41, 5.74) is 1.61. The Balaban J connectivity index is 1.70. The molecule has 1 N–H and O–H groups in total. The number of nitrogens with one attached hydrogen (secondary N) is 1. The molecule has 2 amide bonds. The van der Waals surface area contributed by atoms with Gasteiger partial charge < -0.3 is 10.2 Å². The molecule has 0 radical (unpaired) electrons. The van der Waals surface area contributed by atoms with Crippen molar-refractivity contribution in [3.05, 3.63) is 71.5 Å². The van der Waals surface area contributed by atoms with E-state index in [-0.39, 0.29) is 29.0 Å². The van der Waals surface area contributed by atoms with E-state index >= 15 is 0 Å². The van der Waals surface area contributed by atoms with Gasteiger partial charge in [-0.05, 0) is 36.1 Å². The molecule has 134 valence electrons. The van der Waals surface area contributed by atoms with Gasteiger partial charge in [0.15, 0.2) is 0 Å². The highest BCUT2D eigenvalue weighted by molar-refractivity contribution is 8.00. The monoisotopic (exact) mass is 370 g/mol. The second-order valence-electron chi connectivity index (χ2n) is 6.61. The van der Waals surface area contributed by atoms with Crippen molar-refractivity contribution >= 4 is 23.6 Å². The van der Waals surface area contributed by atoms with Crippen molar-refractivity contribution in [3.8, 4) is 0 Å². The topological polar surface area (TPSA) is 49.4 Å². The number of rotatable bonds is 5. The van der Waals surface area contributed by atoms with Crippen LogP contribution in [0.3, 0.4) is 0 Å². The van der Waals surface area contributed by atoms with Gasteiger partial charge in [0.2, 0.25) is 11.8 Å². The summed E-state index contributed by atoms with van der Waals surface area (Å²) in [7, 11) is 0. The molecule has 0 spiro atoms. The molecule has 0 bridgehead atoms. The average molecular weight is 370 g/mol. The van der Waals surface area contributed by atoms with Gasteiger partial charge in [-0.15, -0.1) is 11.8 Å². The number of thioether (sulfide) groups is 1. The highest BCUT2D eigenvalue weighted by atomic mass is 32.2. The number of benzene rings is 2. The fraction of sp³-hybridized carbons (Fsp3) is 0.300. The van der Waals surface area contributed by atoms with E-state index in [1.54, 1.807) is 17.0 Å². The normalized spacial score (nSPS) is 20.9. The maximum absolute atomic E-state index is 13.3. The lowest BCUT2D eigenvalue weighted by atomic mass is 10.0. The minimum Gasteiger partial charge on any atom is -0.351 e. The third kappa shape index (κ3) is 3.46. The number of hydrogen-bond donors (Lipinski definition) is 1. The molecule has 1 saturated heterocycles. The first-order valence-corrected chi connectivity index (χ1v) is 9.72. The molecule has 1 heterocycles. The van der Waals surface area contributed by atoms with Gasteiger partial charge in [-0.25, -0.2) is 4.39 Å². The average Bonchev–Trinajstić information content (AvgIpc) is 3.39. The van der Waals surface area contributed by atoms with Crippen LogP contribution in [0.25, 0.3) is 0 Å². The number of hydrogen-bond acceptors (Lipinski definition) is 3. The number of halogens is 1. The lowest BCUT2D eigenvalue weighted by Gasteiger charge is -2.32. The maximum Gasteiger partial charge on any atom is 0.247 e. The Morgan fingerprint density at radius 3 is 2.46 bits per heavy atom. The van der Waals surface area contributed by atoms with Crippen molar-refractivity contribution < 1.29 is 14.0 Å². The zero-order valence-corrected chi connectivity index (χ0v) is 14.9. The van der Waals surface area contributed by atoms with Crippen LogP contribution in [-0.2, 0) is 9.59 Å². The molecule has 1 aliphatic carbocycles. The summed E-state index contributed by atoms with van der Waals surface area (Å²) in [4.78, 5) is 27.3. The molecule has 4 nitrogen and oxygen atoms in total. The minimum absolute atomic E-state index is 0.0795. The lowest BCUT2D eigenvalue weighted by molar-refractivity contribution is -0.139. The van der Waals surface area contributed by atoms with E-state index in [2.05, 4.69) is 5.32 Å². The summed E-state index contributed by atoms with van der Waals surface area (Å²) in [6, 6.07) is 15.0. The Bertz CT molecular complexity index is 808. The molecule has 0 unspecified atom stereocenters. The van der Waals surface area contributed by atoms with Crippen LogP contribution in [0.15, 0.2) is 54.6 Å². The second kappa shape index (κ2) is 7.11. The number of amides is 2. The molecule has 0 aromatic heterocycles. The fourth-order valence-corrected chi connectivity index (χ4v) is 4.38. The van der Waals surface area contributed by atoms with Crippen molar-refractivity contribution in [2.75, 3.05) is 5.75 Å². The predicted molar refractivity (Wildman–Crippen MR) is 98.8 cm³/mol. The summed E-state index contributed by atoms with van der Waals surface area (Å²) >= 11 is 1.47. The molecule has 2 atom stereocenters. The van der Waals surface area contributed by atoms with E-state index in [4.69, 9.17) is 0 Å². The molecule has 2 aromatic rings. The standard InChI is InChI=1S/C20H19FN2O2S/c21-15-8-6-14(7-9-15)20-23(17(24)12-26-20)18(13-4-2-1-3-5-13)19(25)22-16-10-11-16/h1-9,16,18,20H,10-12H2,(H,22,25)/t18-,20-/m1/s1. The highest BCUT2D eigenvalue weighted by Gasteiger charge is 2.42. The van der Waals surface area contributed by atoms with Crippen LogP contribution in [0.1, 0.15) is 35.4 Å². The first-order chi connectivity index (χ1) is 12.6. The van der Waals surface area contributed by atoms with E-state index in [9.17, 15) is 14.0 Å². The van der Waals surface area contributed by atoms with Crippen molar-refractivity contribution in [2.45, 2.75) is 30.3 Å². The van der Waals surface area contributed by atoms with Crippen LogP contribution in [-0.4, -0.2) is 28.5 Å². The molecule has 1 aliphatic heterocycles. The van der Waals surface area contributed by atoms with Crippen molar-refractivity contribution in [1.29, 1.82) is 0 Å². The Labute approximate surface area is 155 Å². The second-order valence-corrected chi connectivity index (χ2v) is 7.68. The van der Waals surface area contributed by atoms with Gasteiger partial charge in [0, 0.05) is 6.04 Å². The van der Waals surface area contributed by atoms with Crippen LogP contribution in [0.4, 0.5) is 4.39 Å². The largest absolute Gasteiger partial charge is 0.351 e. The molecule has 2 aliphatic rings. The van der Waals surface area contributed by atoms with E-state index in [1.165, 1.54) is 23.9 Å². The van der Waals surface area contributed by atoms with Gasteiger partial charge in [0.05, 0.1) is 5.75 Å². The number of carbonyl (C=O) groups excluding carboxylic acids is 2. The molecule has 26 heavy (non-hydrogen) atoms. The minimum atomic E-state index is -0.686. The molecule has 6 heteroatoms. The zero-order valence-electron chi connectivity index (χ0n) is 14.1. The van der Waals surface area contributed by atoms with Gasteiger partial charge in [-0.2, -0.15) is 0 Å². The quantitative estimate of drug-likeness (QED) is 0.877. The van der Waals surface area contributed by atoms with Crippen LogP contribution >= 0.6 is 11.8 Å². The molecule has 2 fully saturated rings. The first-order valence-electron chi connectivity index (χ1n) is 8.67. The van der Waals surface area contributed by atoms with Crippen LogP contribution < -0.4 is 5.32 Å². The maximum atomic E-state index is 13.3. The summed E-state index contributed by atoms with van der Waals surface area (Å²) in [5, 5.41) is 2.72. The third-order valence-electron chi connectivity index (χ3n) is 4.63. The summed E-state index contributed by atoms with van der Waals surface area (Å²) < 4.78 is 13.3. The number of nitrogens with zero attached hydrogens (tertiary/aromatic N) is 1. The molecular weight excluding hydrogens is 351 g/mol. The van der Waals surface area contributed by atoms with Gasteiger partial charge in [-0.3, -0.25) is 9.59 Å². The van der Waals surface area contributed by atoms with Crippen LogP contribution in [0, 0.1) is 5.82 Å². The summed E-state index contributed by atoms with van der Waals surface area (Å²) in [6.07, 6.45) is 1.97. The van der Waals surface area contributed by atoms with Crippen molar-refractivity contribution in [2.24, 2.45) is 0 Å². The van der Waals surface area contributed by atoms with Gasteiger partial charge in [0.25, 0.3) is 0 Å². The predicted octanol–water partition coefficient (Wildman–Crippen LogP) is 3.42. The SMILES string of the molecule is O=C(NC1CC1)[C@@H](c1ccccc1)N1C(=O)CS[C@@H]1c1ccc(F)cc1. The summed E-state index contributed by atoms with van der Waals surface area (Å²) in [5.74, 6) is -0.242. The molecule has 1 saturated carbocycles. The lowest BCUT2D eigenvalue weighted by Crippen LogP contribution is -2.43.